The molecular weight excluding hydrogens is 326 g/mol. The van der Waals surface area contributed by atoms with Crippen LogP contribution in [0.15, 0.2) is 72.0 Å². The summed E-state index contributed by atoms with van der Waals surface area (Å²) >= 11 is 4.44. The maximum Gasteiger partial charge on any atom is 0.0723 e. The first-order chi connectivity index (χ1) is 12.1. The van der Waals surface area contributed by atoms with Crippen molar-refractivity contribution in [1.29, 1.82) is 0 Å². The van der Waals surface area contributed by atoms with E-state index in [0.29, 0.717) is 0 Å². The molecule has 126 valence electrons. The second-order valence-electron chi connectivity index (χ2n) is 5.92. The highest BCUT2D eigenvalue weighted by atomic mass is 32.1. The lowest BCUT2D eigenvalue weighted by Gasteiger charge is -2.05. The van der Waals surface area contributed by atoms with Crippen molar-refractivity contribution in [2.75, 3.05) is 5.43 Å². The Bertz CT molecular complexity index is 907. The van der Waals surface area contributed by atoms with Crippen LogP contribution < -0.4 is 5.43 Å². The molecule has 1 aromatic heterocycles. The first-order valence-electron chi connectivity index (χ1n) is 8.23. The van der Waals surface area contributed by atoms with Crippen molar-refractivity contribution in [3.05, 3.63) is 78.0 Å². The lowest BCUT2D eigenvalue weighted by molar-refractivity contribution is 1.11. The SMILES string of the molecule is CC(/C=C/c1ccc(C(C)S)cc1)=N/Nc1cccc2ncccc12. The highest BCUT2D eigenvalue weighted by molar-refractivity contribution is 7.80. The van der Waals surface area contributed by atoms with Gasteiger partial charge in [0.05, 0.1) is 16.9 Å². The van der Waals surface area contributed by atoms with Gasteiger partial charge in [-0.05, 0) is 55.3 Å². The molecule has 0 amide bonds. The molecule has 0 saturated carbocycles. The molecule has 4 heteroatoms. The first kappa shape index (κ1) is 17.2. The van der Waals surface area contributed by atoms with Gasteiger partial charge in [0.25, 0.3) is 0 Å². The summed E-state index contributed by atoms with van der Waals surface area (Å²) in [6, 6.07) is 18.3. The largest absolute Gasteiger partial charge is 0.278 e. The zero-order chi connectivity index (χ0) is 17.6. The predicted octanol–water partition coefficient (Wildman–Crippen LogP) is 5.73. The van der Waals surface area contributed by atoms with Gasteiger partial charge in [-0.2, -0.15) is 17.7 Å². The maximum atomic E-state index is 4.45. The van der Waals surface area contributed by atoms with Crippen molar-refractivity contribution in [2.45, 2.75) is 19.1 Å². The van der Waals surface area contributed by atoms with Gasteiger partial charge in [-0.25, -0.2) is 0 Å². The highest BCUT2D eigenvalue weighted by Crippen LogP contribution is 2.21. The van der Waals surface area contributed by atoms with E-state index in [-0.39, 0.29) is 5.25 Å². The van der Waals surface area contributed by atoms with E-state index in [1.54, 1.807) is 6.20 Å². The fourth-order valence-corrected chi connectivity index (χ4v) is 2.66. The standard InChI is InChI=1S/C21H21N3S/c1-15(8-9-17-10-12-18(13-11-17)16(2)25)23-24-21-7-3-6-20-19(21)5-4-14-22-20/h3-14,16,24-25H,1-2H3/b9-8+,23-15-. The molecule has 0 radical (unpaired) electrons. The number of nitrogens with zero attached hydrogens (tertiary/aromatic N) is 2. The summed E-state index contributed by atoms with van der Waals surface area (Å²) < 4.78 is 0. The Hall–Kier alpha value is -2.59. The van der Waals surface area contributed by atoms with E-state index in [9.17, 15) is 0 Å². The second kappa shape index (κ2) is 7.99. The predicted molar refractivity (Wildman–Crippen MR) is 111 cm³/mol. The summed E-state index contributed by atoms with van der Waals surface area (Å²) in [6.45, 7) is 4.04. The average Bonchev–Trinajstić information content (AvgIpc) is 2.65. The van der Waals surface area contributed by atoms with Crippen LogP contribution in [0.3, 0.4) is 0 Å². The minimum Gasteiger partial charge on any atom is -0.278 e. The molecule has 0 aliphatic rings. The van der Waals surface area contributed by atoms with Gasteiger partial charge in [-0.15, -0.1) is 0 Å². The van der Waals surface area contributed by atoms with Crippen LogP contribution in [-0.2, 0) is 0 Å². The molecule has 1 atom stereocenters. The number of nitrogens with one attached hydrogen (secondary N) is 1. The van der Waals surface area contributed by atoms with Gasteiger partial charge < -0.3 is 0 Å². The Morgan fingerprint density at radius 2 is 1.92 bits per heavy atom. The quantitative estimate of drug-likeness (QED) is 0.351. The van der Waals surface area contributed by atoms with Crippen molar-refractivity contribution in [3.8, 4) is 0 Å². The van der Waals surface area contributed by atoms with E-state index in [2.05, 4.69) is 65.4 Å². The van der Waals surface area contributed by atoms with Gasteiger partial charge in [0.1, 0.15) is 0 Å². The van der Waals surface area contributed by atoms with Gasteiger partial charge in [0, 0.05) is 16.8 Å². The molecule has 25 heavy (non-hydrogen) atoms. The highest BCUT2D eigenvalue weighted by Gasteiger charge is 2.00. The van der Waals surface area contributed by atoms with Gasteiger partial charge in [0.15, 0.2) is 0 Å². The van der Waals surface area contributed by atoms with Crippen LogP contribution in [0, 0.1) is 0 Å². The zero-order valence-corrected chi connectivity index (χ0v) is 15.2. The van der Waals surface area contributed by atoms with E-state index in [0.717, 1.165) is 27.9 Å². The number of thiol groups is 1. The number of aromatic nitrogens is 1. The van der Waals surface area contributed by atoms with Crippen LogP contribution >= 0.6 is 12.6 Å². The van der Waals surface area contributed by atoms with Crippen LogP contribution in [0.5, 0.6) is 0 Å². The molecule has 0 saturated heterocycles. The van der Waals surface area contributed by atoms with Gasteiger partial charge >= 0.3 is 0 Å². The smallest absolute Gasteiger partial charge is 0.0723 e. The molecule has 3 nitrogen and oxygen atoms in total. The van der Waals surface area contributed by atoms with E-state index in [4.69, 9.17) is 0 Å². The molecule has 1 unspecified atom stereocenters. The monoisotopic (exact) mass is 347 g/mol. The molecule has 3 rings (SSSR count). The molecule has 2 aromatic carbocycles. The Kier molecular flexibility index (Phi) is 5.51. The fraction of sp³-hybridized carbons (Fsp3) is 0.143. The average molecular weight is 347 g/mol. The number of hydrogen-bond acceptors (Lipinski definition) is 4. The van der Waals surface area contributed by atoms with Crippen molar-refractivity contribution >= 4 is 41.0 Å². The molecule has 1 heterocycles. The number of anilines is 1. The molecule has 3 aromatic rings. The van der Waals surface area contributed by atoms with Crippen molar-refractivity contribution in [1.82, 2.24) is 4.98 Å². The second-order valence-corrected chi connectivity index (χ2v) is 6.69. The third-order valence-corrected chi connectivity index (χ3v) is 4.23. The number of hydrazone groups is 1. The van der Waals surface area contributed by atoms with Crippen LogP contribution in [0.1, 0.15) is 30.2 Å². The van der Waals surface area contributed by atoms with Crippen LogP contribution in [0.4, 0.5) is 5.69 Å². The Morgan fingerprint density at radius 1 is 1.12 bits per heavy atom. The molecule has 0 aliphatic carbocycles. The lowest BCUT2D eigenvalue weighted by Crippen LogP contribution is -1.95. The van der Waals surface area contributed by atoms with Crippen LogP contribution in [0.2, 0.25) is 0 Å². The summed E-state index contributed by atoms with van der Waals surface area (Å²) in [7, 11) is 0. The summed E-state index contributed by atoms with van der Waals surface area (Å²) in [6.07, 6.45) is 5.84. The van der Waals surface area contributed by atoms with E-state index in [1.807, 2.05) is 43.3 Å². The third-order valence-electron chi connectivity index (χ3n) is 3.93. The normalized spacial score (nSPS) is 13.3. The van der Waals surface area contributed by atoms with Gasteiger partial charge in [0.2, 0.25) is 0 Å². The fourth-order valence-electron chi connectivity index (χ4n) is 2.49. The summed E-state index contributed by atoms with van der Waals surface area (Å²) in [5.74, 6) is 0. The van der Waals surface area contributed by atoms with Gasteiger partial charge in [-0.1, -0.05) is 36.4 Å². The summed E-state index contributed by atoms with van der Waals surface area (Å²) in [5.41, 5.74) is 8.29. The van der Waals surface area contributed by atoms with Crippen molar-refractivity contribution < 1.29 is 0 Å². The van der Waals surface area contributed by atoms with E-state index < -0.39 is 0 Å². The first-order valence-corrected chi connectivity index (χ1v) is 8.75. The number of allylic oxidation sites excluding steroid dienone is 1. The number of hydrogen-bond donors (Lipinski definition) is 2. The molecule has 0 fully saturated rings. The van der Waals surface area contributed by atoms with Crippen LogP contribution in [0.25, 0.3) is 17.0 Å². The topological polar surface area (TPSA) is 37.3 Å². The Labute approximate surface area is 153 Å². The number of pyridine rings is 1. The number of benzene rings is 2. The molecule has 0 aliphatic heterocycles. The molecule has 0 spiro atoms. The van der Waals surface area contributed by atoms with E-state index >= 15 is 0 Å². The summed E-state index contributed by atoms with van der Waals surface area (Å²) in [4.78, 5) is 4.36. The third kappa shape index (κ3) is 4.48. The van der Waals surface area contributed by atoms with Crippen molar-refractivity contribution in [3.63, 3.8) is 0 Å². The number of rotatable bonds is 5. The molecular formula is C21H21N3S. The van der Waals surface area contributed by atoms with E-state index in [1.165, 1.54) is 5.56 Å². The summed E-state index contributed by atoms with van der Waals surface area (Å²) in [5, 5.41) is 5.75. The zero-order valence-electron chi connectivity index (χ0n) is 14.3. The number of fused-ring (bicyclic) bond motifs is 1. The minimum absolute atomic E-state index is 0.251. The van der Waals surface area contributed by atoms with Gasteiger partial charge in [-0.3, -0.25) is 10.4 Å². The Balaban J connectivity index is 1.71. The lowest BCUT2D eigenvalue weighted by atomic mass is 10.1. The van der Waals surface area contributed by atoms with Crippen LogP contribution in [-0.4, -0.2) is 10.7 Å². The Morgan fingerprint density at radius 3 is 2.68 bits per heavy atom. The maximum absolute atomic E-state index is 4.45. The van der Waals surface area contributed by atoms with Crippen molar-refractivity contribution in [2.24, 2.45) is 5.10 Å². The molecule has 0 bridgehead atoms. The molecule has 1 N–H and O–H groups in total. The minimum atomic E-state index is 0.251.